The van der Waals surface area contributed by atoms with Gasteiger partial charge in [0.1, 0.15) is 5.78 Å². The smallest absolute Gasteiger partial charge is 0.150 e. The van der Waals surface area contributed by atoms with Gasteiger partial charge in [-0.25, -0.2) is 0 Å². The fourth-order valence-corrected chi connectivity index (χ4v) is 2.83. The molecule has 0 spiro atoms. The molecule has 3 atom stereocenters. The minimum absolute atomic E-state index is 0.120. The number of hydrogen-bond donors (Lipinski definition) is 0. The molecule has 15 heavy (non-hydrogen) atoms. The Bertz CT molecular complexity index is 413. The number of rotatable bonds is 0. The normalized spacial score (nSPS) is 33.7. The van der Waals surface area contributed by atoms with Crippen molar-refractivity contribution in [3.05, 3.63) is 35.4 Å². The monoisotopic (exact) mass is 201 g/mol. The van der Waals surface area contributed by atoms with E-state index in [0.29, 0.717) is 11.7 Å². The molecule has 2 nitrogen and oxygen atoms in total. The third kappa shape index (κ3) is 1.32. The number of benzene rings is 1. The number of hydrogen-bond acceptors (Lipinski definition) is 2. The van der Waals surface area contributed by atoms with Gasteiger partial charge in [-0.3, -0.25) is 9.69 Å². The van der Waals surface area contributed by atoms with Crippen molar-refractivity contribution in [3.63, 3.8) is 0 Å². The quantitative estimate of drug-likeness (QED) is 0.639. The fourth-order valence-electron chi connectivity index (χ4n) is 2.83. The molecule has 78 valence electrons. The van der Waals surface area contributed by atoms with Crippen LogP contribution in [0.15, 0.2) is 24.3 Å². The molecule has 0 aromatic heterocycles. The Balaban J connectivity index is 2.05. The summed E-state index contributed by atoms with van der Waals surface area (Å²) in [6.07, 6.45) is 0.731. The zero-order valence-electron chi connectivity index (χ0n) is 8.94. The van der Waals surface area contributed by atoms with Crippen LogP contribution in [-0.4, -0.2) is 23.3 Å². The maximum Gasteiger partial charge on any atom is 0.150 e. The van der Waals surface area contributed by atoms with Crippen molar-refractivity contribution in [2.24, 2.45) is 0 Å². The second-order valence-corrected chi connectivity index (χ2v) is 4.67. The predicted molar refractivity (Wildman–Crippen MR) is 58.7 cm³/mol. The molecule has 2 aliphatic rings. The van der Waals surface area contributed by atoms with Crippen LogP contribution < -0.4 is 0 Å². The minimum atomic E-state index is 0.120. The molecular formula is C13H15NO. The lowest BCUT2D eigenvalue weighted by atomic mass is 9.81. The summed E-state index contributed by atoms with van der Waals surface area (Å²) >= 11 is 0. The Morgan fingerprint density at radius 1 is 1.33 bits per heavy atom. The number of carbonyl (C=O) groups excluding carboxylic acids is 1. The molecular weight excluding hydrogens is 186 g/mol. The van der Waals surface area contributed by atoms with Crippen molar-refractivity contribution in [1.29, 1.82) is 0 Å². The first-order valence-electron chi connectivity index (χ1n) is 5.60. The molecule has 1 aromatic rings. The number of nitrogens with zero attached hydrogens (tertiary/aromatic N) is 1. The summed E-state index contributed by atoms with van der Waals surface area (Å²) in [5, 5.41) is 0. The largest absolute Gasteiger partial charge is 0.298 e. The van der Waals surface area contributed by atoms with E-state index in [9.17, 15) is 4.79 Å². The molecule has 2 bridgehead atoms. The van der Waals surface area contributed by atoms with Gasteiger partial charge in [0.25, 0.3) is 0 Å². The molecule has 0 N–H and O–H groups in total. The molecule has 1 fully saturated rings. The Morgan fingerprint density at radius 2 is 2.13 bits per heavy atom. The predicted octanol–water partition coefficient (Wildman–Crippen LogP) is 1.95. The van der Waals surface area contributed by atoms with Gasteiger partial charge < -0.3 is 0 Å². The van der Waals surface area contributed by atoms with E-state index in [0.717, 1.165) is 19.5 Å². The van der Waals surface area contributed by atoms with Crippen LogP contribution in [0.3, 0.4) is 0 Å². The lowest BCUT2D eigenvalue weighted by molar-refractivity contribution is -0.127. The fraction of sp³-hybridized carbons (Fsp3) is 0.462. The van der Waals surface area contributed by atoms with Crippen molar-refractivity contribution < 1.29 is 4.79 Å². The lowest BCUT2D eigenvalue weighted by Crippen LogP contribution is -2.49. The Labute approximate surface area is 89.9 Å². The molecule has 0 radical (unpaired) electrons. The van der Waals surface area contributed by atoms with Crippen molar-refractivity contribution >= 4 is 5.78 Å². The van der Waals surface area contributed by atoms with Crippen LogP contribution in [0.25, 0.3) is 0 Å². The van der Waals surface area contributed by atoms with Gasteiger partial charge in [0.15, 0.2) is 0 Å². The first kappa shape index (κ1) is 9.10. The zero-order valence-corrected chi connectivity index (χ0v) is 8.94. The standard InChI is InChI=1S/C13H15NO/c1-9-13(15)6-11-8-14(9)7-10-4-2-3-5-12(10)11/h2-5,9,11H,6-8H2,1H3/t9-,11-/m0/s1. The molecule has 0 aliphatic carbocycles. The van der Waals surface area contributed by atoms with Gasteiger partial charge in [0.05, 0.1) is 6.04 Å². The number of carbonyl (C=O) groups is 1. The van der Waals surface area contributed by atoms with E-state index >= 15 is 0 Å². The Morgan fingerprint density at radius 3 is 3.00 bits per heavy atom. The van der Waals surface area contributed by atoms with Crippen LogP contribution in [0.2, 0.25) is 0 Å². The second-order valence-electron chi connectivity index (χ2n) is 4.67. The van der Waals surface area contributed by atoms with Crippen LogP contribution in [0.1, 0.15) is 30.4 Å². The highest BCUT2D eigenvalue weighted by atomic mass is 16.1. The summed E-state index contributed by atoms with van der Waals surface area (Å²) in [5.74, 6) is 0.847. The maximum atomic E-state index is 11.8. The van der Waals surface area contributed by atoms with E-state index in [4.69, 9.17) is 0 Å². The maximum absolute atomic E-state index is 11.8. The third-order valence-electron chi connectivity index (χ3n) is 3.78. The van der Waals surface area contributed by atoms with Gasteiger partial charge in [-0.2, -0.15) is 0 Å². The summed E-state index contributed by atoms with van der Waals surface area (Å²) in [6, 6.07) is 8.66. The van der Waals surface area contributed by atoms with Crippen LogP contribution in [0.5, 0.6) is 0 Å². The number of ketones is 1. The molecule has 0 amide bonds. The average molecular weight is 201 g/mol. The molecule has 2 aliphatic heterocycles. The number of fused-ring (bicyclic) bond motifs is 4. The summed E-state index contributed by atoms with van der Waals surface area (Å²) in [4.78, 5) is 14.1. The lowest BCUT2D eigenvalue weighted by Gasteiger charge is -2.42. The molecule has 3 rings (SSSR count). The van der Waals surface area contributed by atoms with Crippen LogP contribution in [0.4, 0.5) is 0 Å². The minimum Gasteiger partial charge on any atom is -0.298 e. The highest BCUT2D eigenvalue weighted by molar-refractivity contribution is 5.85. The van der Waals surface area contributed by atoms with Gasteiger partial charge >= 0.3 is 0 Å². The molecule has 1 saturated heterocycles. The van der Waals surface area contributed by atoms with E-state index in [1.807, 2.05) is 6.92 Å². The molecule has 1 unspecified atom stereocenters. The summed E-state index contributed by atoms with van der Waals surface area (Å²) < 4.78 is 0. The van der Waals surface area contributed by atoms with Crippen LogP contribution in [0, 0.1) is 0 Å². The average Bonchev–Trinajstić information content (AvgIpc) is 2.26. The zero-order chi connectivity index (χ0) is 10.4. The van der Waals surface area contributed by atoms with Crippen molar-refractivity contribution in [2.45, 2.75) is 31.8 Å². The van der Waals surface area contributed by atoms with E-state index in [2.05, 4.69) is 29.2 Å². The molecule has 2 heterocycles. The Kier molecular flexibility index (Phi) is 1.93. The van der Waals surface area contributed by atoms with Gasteiger partial charge in [-0.05, 0) is 18.1 Å². The summed E-state index contributed by atoms with van der Waals surface area (Å²) in [6.45, 7) is 4.04. The van der Waals surface area contributed by atoms with Gasteiger partial charge in [-0.15, -0.1) is 0 Å². The summed E-state index contributed by atoms with van der Waals surface area (Å²) in [7, 11) is 0. The third-order valence-corrected chi connectivity index (χ3v) is 3.78. The first-order valence-corrected chi connectivity index (χ1v) is 5.60. The molecule has 0 saturated carbocycles. The SMILES string of the molecule is C[C@H]1C(=O)C[C@H]2CN1Cc1ccccc12. The van der Waals surface area contributed by atoms with Crippen LogP contribution in [-0.2, 0) is 11.3 Å². The van der Waals surface area contributed by atoms with Gasteiger partial charge in [0, 0.05) is 25.4 Å². The highest BCUT2D eigenvalue weighted by Gasteiger charge is 2.36. The number of Topliss-reactive ketones (excluding diaryl/α,β-unsaturated/α-hetero) is 1. The van der Waals surface area contributed by atoms with Crippen LogP contribution >= 0.6 is 0 Å². The number of piperidine rings is 1. The van der Waals surface area contributed by atoms with E-state index in [-0.39, 0.29) is 6.04 Å². The molecule has 1 aromatic carbocycles. The van der Waals surface area contributed by atoms with Gasteiger partial charge in [0.2, 0.25) is 0 Å². The Hall–Kier alpha value is -1.15. The second kappa shape index (κ2) is 3.17. The first-order chi connectivity index (χ1) is 7.25. The summed E-state index contributed by atoms with van der Waals surface area (Å²) in [5.41, 5.74) is 2.81. The van der Waals surface area contributed by atoms with E-state index in [1.54, 1.807) is 0 Å². The highest BCUT2D eigenvalue weighted by Crippen LogP contribution is 2.35. The topological polar surface area (TPSA) is 20.3 Å². The van der Waals surface area contributed by atoms with Gasteiger partial charge in [-0.1, -0.05) is 24.3 Å². The molecule has 2 heteroatoms. The van der Waals surface area contributed by atoms with E-state index < -0.39 is 0 Å². The van der Waals surface area contributed by atoms with Crippen molar-refractivity contribution in [1.82, 2.24) is 4.90 Å². The van der Waals surface area contributed by atoms with Crippen molar-refractivity contribution in [2.75, 3.05) is 6.54 Å². The van der Waals surface area contributed by atoms with Crippen molar-refractivity contribution in [3.8, 4) is 0 Å². The van der Waals surface area contributed by atoms with E-state index in [1.165, 1.54) is 11.1 Å².